The third-order valence-electron chi connectivity index (χ3n) is 1.26. The van der Waals surface area contributed by atoms with Gasteiger partial charge in [0, 0.05) is 6.42 Å². The predicted octanol–water partition coefficient (Wildman–Crippen LogP) is 2.06. The van der Waals surface area contributed by atoms with Crippen LogP contribution < -0.4 is 0 Å². The topological polar surface area (TPSA) is 0 Å². The van der Waals surface area contributed by atoms with Crippen LogP contribution in [0.2, 0.25) is 0 Å². The van der Waals surface area contributed by atoms with Crippen LogP contribution in [0.3, 0.4) is 0 Å². The van der Waals surface area contributed by atoms with Crippen LogP contribution in [0.25, 0.3) is 0 Å². The predicted molar refractivity (Wildman–Crippen MR) is 27.9 cm³/mol. The molecule has 0 aliphatic heterocycles. The van der Waals surface area contributed by atoms with Crippen LogP contribution in [0, 0.1) is 0 Å². The lowest BCUT2D eigenvalue weighted by atomic mass is 10.3. The molecule has 0 aromatic carbocycles. The van der Waals surface area contributed by atoms with E-state index in [1.54, 1.807) is 0 Å². The molecule has 1 saturated carbocycles. The van der Waals surface area contributed by atoms with E-state index in [1.165, 1.54) is 0 Å². The third-order valence-corrected chi connectivity index (χ3v) is 1.26. The van der Waals surface area contributed by atoms with Gasteiger partial charge in [-0.25, -0.2) is 4.39 Å². The number of hydrogen-bond donors (Lipinski definition) is 0. The fraction of sp³-hybridized carbons (Fsp3) is 0.667. The summed E-state index contributed by atoms with van der Waals surface area (Å²) in [6.07, 6.45) is 0.118. The molecule has 1 atom stereocenters. The molecule has 7 heavy (non-hydrogen) atoms. The standard InChI is InChI=1S/C6H9F/c1-4(2)5-3-6(5)7/h6H,3H2,1-2H3. The van der Waals surface area contributed by atoms with Gasteiger partial charge >= 0.3 is 0 Å². The van der Waals surface area contributed by atoms with Gasteiger partial charge in [0.2, 0.25) is 0 Å². The van der Waals surface area contributed by atoms with E-state index in [-0.39, 0.29) is 0 Å². The fourth-order valence-corrected chi connectivity index (χ4v) is 0.652. The summed E-state index contributed by atoms with van der Waals surface area (Å²) >= 11 is 0. The average Bonchev–Trinajstić information content (AvgIpc) is 2.17. The summed E-state index contributed by atoms with van der Waals surface area (Å²) in [5.74, 6) is 0. The number of alkyl halides is 1. The van der Waals surface area contributed by atoms with E-state index >= 15 is 0 Å². The van der Waals surface area contributed by atoms with Gasteiger partial charge in [-0.2, -0.15) is 0 Å². The minimum absolute atomic E-state index is 0.579. The molecule has 0 heterocycles. The molecule has 0 amide bonds. The van der Waals surface area contributed by atoms with Crippen LogP contribution in [-0.2, 0) is 0 Å². The summed E-state index contributed by atoms with van der Waals surface area (Å²) in [4.78, 5) is 0. The normalized spacial score (nSPS) is 27.9. The van der Waals surface area contributed by atoms with E-state index in [2.05, 4.69) is 0 Å². The monoisotopic (exact) mass is 100 g/mol. The molecule has 0 spiro atoms. The SMILES string of the molecule is CC(C)=C1CC1F. The van der Waals surface area contributed by atoms with Crippen molar-refractivity contribution in [1.29, 1.82) is 0 Å². The van der Waals surface area contributed by atoms with Crippen LogP contribution in [0.5, 0.6) is 0 Å². The molecular formula is C6H9F. The van der Waals surface area contributed by atoms with Crippen LogP contribution in [0.1, 0.15) is 20.3 Å². The van der Waals surface area contributed by atoms with Crippen LogP contribution in [0.15, 0.2) is 11.1 Å². The zero-order valence-electron chi connectivity index (χ0n) is 4.66. The van der Waals surface area contributed by atoms with E-state index < -0.39 is 6.17 Å². The quantitative estimate of drug-likeness (QED) is 0.409. The number of hydrogen-bond acceptors (Lipinski definition) is 0. The number of rotatable bonds is 0. The minimum atomic E-state index is -0.579. The lowest BCUT2D eigenvalue weighted by molar-refractivity contribution is 0.494. The second-order valence-corrected chi connectivity index (χ2v) is 2.20. The summed E-state index contributed by atoms with van der Waals surface area (Å²) in [7, 11) is 0. The van der Waals surface area contributed by atoms with Crippen molar-refractivity contribution < 1.29 is 4.39 Å². The average molecular weight is 100 g/mol. The van der Waals surface area contributed by atoms with Gasteiger partial charge < -0.3 is 0 Å². The zero-order chi connectivity index (χ0) is 5.44. The van der Waals surface area contributed by atoms with E-state index in [0.29, 0.717) is 6.42 Å². The van der Waals surface area contributed by atoms with Crippen LogP contribution in [-0.4, -0.2) is 6.17 Å². The first kappa shape index (κ1) is 4.82. The highest BCUT2D eigenvalue weighted by Gasteiger charge is 2.29. The van der Waals surface area contributed by atoms with E-state index in [9.17, 15) is 4.39 Å². The molecule has 0 bridgehead atoms. The molecule has 1 rings (SSSR count). The largest absolute Gasteiger partial charge is 0.242 e. The molecule has 0 nitrogen and oxygen atoms in total. The van der Waals surface area contributed by atoms with Crippen molar-refractivity contribution in [1.82, 2.24) is 0 Å². The second kappa shape index (κ2) is 1.32. The fourth-order valence-electron chi connectivity index (χ4n) is 0.652. The van der Waals surface area contributed by atoms with Crippen molar-refractivity contribution in [3.05, 3.63) is 11.1 Å². The van der Waals surface area contributed by atoms with Crippen molar-refractivity contribution in [3.8, 4) is 0 Å². The van der Waals surface area contributed by atoms with Gasteiger partial charge in [-0.1, -0.05) is 5.57 Å². The van der Waals surface area contributed by atoms with Crippen LogP contribution in [0.4, 0.5) is 4.39 Å². The Kier molecular flexibility index (Phi) is 0.911. The maximum absolute atomic E-state index is 12.0. The van der Waals surface area contributed by atoms with Gasteiger partial charge in [0.15, 0.2) is 0 Å². The molecule has 1 unspecified atom stereocenters. The Labute approximate surface area is 43.0 Å². The second-order valence-electron chi connectivity index (χ2n) is 2.20. The highest BCUT2D eigenvalue weighted by molar-refractivity contribution is 5.29. The molecule has 0 N–H and O–H groups in total. The Morgan fingerprint density at radius 3 is 2.14 bits per heavy atom. The maximum Gasteiger partial charge on any atom is 0.125 e. The zero-order valence-corrected chi connectivity index (χ0v) is 4.66. The third kappa shape index (κ3) is 0.817. The van der Waals surface area contributed by atoms with Crippen molar-refractivity contribution in [2.24, 2.45) is 0 Å². The smallest absolute Gasteiger partial charge is 0.125 e. The number of halogens is 1. The molecule has 1 aliphatic rings. The highest BCUT2D eigenvalue weighted by atomic mass is 19.1. The Morgan fingerprint density at radius 2 is 2.14 bits per heavy atom. The van der Waals surface area contributed by atoms with Gasteiger partial charge in [0.05, 0.1) is 0 Å². The van der Waals surface area contributed by atoms with E-state index in [0.717, 1.165) is 11.1 Å². The Bertz CT molecular complexity index is 109. The summed E-state index contributed by atoms with van der Waals surface area (Å²) < 4.78 is 12.0. The van der Waals surface area contributed by atoms with Crippen molar-refractivity contribution >= 4 is 0 Å². The van der Waals surface area contributed by atoms with Gasteiger partial charge in [-0.3, -0.25) is 0 Å². The first-order valence-corrected chi connectivity index (χ1v) is 2.52. The van der Waals surface area contributed by atoms with Gasteiger partial charge in [-0.15, -0.1) is 0 Å². The Morgan fingerprint density at radius 1 is 1.71 bits per heavy atom. The van der Waals surface area contributed by atoms with Crippen molar-refractivity contribution in [2.75, 3.05) is 0 Å². The lowest BCUT2D eigenvalue weighted by Gasteiger charge is -1.78. The van der Waals surface area contributed by atoms with Gasteiger partial charge in [-0.05, 0) is 19.4 Å². The number of allylic oxidation sites excluding steroid dienone is 2. The van der Waals surface area contributed by atoms with E-state index in [1.807, 2.05) is 13.8 Å². The molecule has 0 aromatic heterocycles. The summed E-state index contributed by atoms with van der Waals surface area (Å²) in [6.45, 7) is 3.91. The molecule has 0 aromatic rings. The van der Waals surface area contributed by atoms with Crippen LogP contribution >= 0.6 is 0 Å². The molecule has 40 valence electrons. The molecule has 0 radical (unpaired) electrons. The van der Waals surface area contributed by atoms with Crippen molar-refractivity contribution in [3.63, 3.8) is 0 Å². The van der Waals surface area contributed by atoms with Crippen molar-refractivity contribution in [2.45, 2.75) is 26.4 Å². The van der Waals surface area contributed by atoms with Gasteiger partial charge in [0.1, 0.15) is 6.17 Å². The maximum atomic E-state index is 12.0. The molecule has 1 heteroatoms. The Hall–Kier alpha value is -0.330. The molecule has 1 fully saturated rings. The highest BCUT2D eigenvalue weighted by Crippen LogP contribution is 2.35. The first-order valence-electron chi connectivity index (χ1n) is 2.52. The van der Waals surface area contributed by atoms with Gasteiger partial charge in [0.25, 0.3) is 0 Å². The summed E-state index contributed by atoms with van der Waals surface area (Å²) in [5.41, 5.74) is 2.17. The Balaban J connectivity index is 2.60. The minimum Gasteiger partial charge on any atom is -0.242 e. The molecule has 0 saturated heterocycles. The summed E-state index contributed by atoms with van der Waals surface area (Å²) in [5, 5.41) is 0. The lowest BCUT2D eigenvalue weighted by Crippen LogP contribution is -1.64. The first-order chi connectivity index (χ1) is 3.22. The van der Waals surface area contributed by atoms with E-state index in [4.69, 9.17) is 0 Å². The summed E-state index contributed by atoms with van der Waals surface area (Å²) in [6, 6.07) is 0. The molecule has 1 aliphatic carbocycles. The molecular weight excluding hydrogens is 91.1 g/mol.